The molecule has 0 aliphatic rings. The van der Waals surface area contributed by atoms with E-state index in [2.05, 4.69) is 32.4 Å². The maximum Gasteiger partial charge on any atom is 0.341 e. The summed E-state index contributed by atoms with van der Waals surface area (Å²) in [4.78, 5) is 24.0. The minimum atomic E-state index is -3.97. The van der Waals surface area contributed by atoms with Crippen LogP contribution in [-0.4, -0.2) is 48.7 Å². The monoisotopic (exact) mass is 550 g/mol. The van der Waals surface area contributed by atoms with Crippen molar-refractivity contribution in [2.24, 2.45) is 0 Å². The molecule has 11 heteroatoms. The Kier molecular flexibility index (Phi) is 9.29. The maximum absolute atomic E-state index is 13.2. The van der Waals surface area contributed by atoms with E-state index in [1.165, 1.54) is 30.0 Å². The van der Waals surface area contributed by atoms with Gasteiger partial charge in [0.05, 0.1) is 17.1 Å². The molecule has 4 aromatic rings. The molecule has 1 amide bonds. The zero-order valence-corrected chi connectivity index (χ0v) is 22.0. The average Bonchev–Trinajstić information content (AvgIpc) is 3.42. The third-order valence-electron chi connectivity index (χ3n) is 6.14. The molecular formula is C28H30N4O6S. The molecule has 1 heterocycles. The van der Waals surface area contributed by atoms with Crippen LogP contribution in [0.15, 0.2) is 83.9 Å². The second-order valence-electron chi connectivity index (χ2n) is 8.98. The molecule has 3 aromatic carbocycles. The van der Waals surface area contributed by atoms with Gasteiger partial charge in [-0.05, 0) is 48.6 Å². The maximum atomic E-state index is 13.2. The molecule has 0 aliphatic heterocycles. The summed E-state index contributed by atoms with van der Waals surface area (Å²) in [7, 11) is -3.97. The van der Waals surface area contributed by atoms with E-state index in [0.29, 0.717) is 23.0 Å². The molecule has 0 bridgehead atoms. The van der Waals surface area contributed by atoms with Gasteiger partial charge in [0.15, 0.2) is 6.61 Å². The van der Waals surface area contributed by atoms with E-state index >= 15 is 0 Å². The van der Waals surface area contributed by atoms with Crippen LogP contribution >= 0.6 is 0 Å². The molecule has 204 valence electrons. The van der Waals surface area contributed by atoms with Gasteiger partial charge < -0.3 is 15.2 Å². The zero-order valence-electron chi connectivity index (χ0n) is 21.2. The second-order valence-corrected chi connectivity index (χ2v) is 10.7. The molecule has 4 rings (SSSR count). The van der Waals surface area contributed by atoms with Gasteiger partial charge in [-0.3, -0.25) is 9.89 Å². The summed E-state index contributed by atoms with van der Waals surface area (Å²) in [6, 6.07) is 20.2. The Labute approximate surface area is 226 Å². The molecule has 0 fully saturated rings. The lowest BCUT2D eigenvalue weighted by atomic mass is 10.00. The van der Waals surface area contributed by atoms with E-state index in [-0.39, 0.29) is 23.0 Å². The van der Waals surface area contributed by atoms with Gasteiger partial charge in [0.2, 0.25) is 15.9 Å². The number of amides is 1. The van der Waals surface area contributed by atoms with Crippen LogP contribution in [0.4, 0.5) is 0 Å². The highest BCUT2D eigenvalue weighted by atomic mass is 32.2. The highest BCUT2D eigenvalue weighted by Gasteiger charge is 2.26. The molecule has 0 saturated heterocycles. The Bertz CT molecular complexity index is 1510. The number of carboxylic acids is 1. The Morgan fingerprint density at radius 3 is 2.41 bits per heavy atom. The van der Waals surface area contributed by atoms with Crippen molar-refractivity contribution >= 4 is 32.8 Å². The molecule has 1 unspecified atom stereocenters. The molecule has 10 nitrogen and oxygen atoms in total. The number of unbranched alkanes of at least 4 members (excludes halogenated alkanes) is 1. The molecule has 0 aliphatic carbocycles. The van der Waals surface area contributed by atoms with Crippen LogP contribution in [0.1, 0.15) is 36.4 Å². The van der Waals surface area contributed by atoms with E-state index in [1.807, 2.05) is 18.2 Å². The smallest absolute Gasteiger partial charge is 0.341 e. The lowest BCUT2D eigenvalue weighted by Crippen LogP contribution is -2.34. The lowest BCUT2D eigenvalue weighted by molar-refractivity contribution is -0.139. The molecule has 39 heavy (non-hydrogen) atoms. The number of sulfonamides is 1. The van der Waals surface area contributed by atoms with Crippen LogP contribution in [0.3, 0.4) is 0 Å². The van der Waals surface area contributed by atoms with E-state index in [1.54, 1.807) is 24.3 Å². The van der Waals surface area contributed by atoms with Gasteiger partial charge in [-0.15, -0.1) is 0 Å². The highest BCUT2D eigenvalue weighted by molar-refractivity contribution is 7.89. The second kappa shape index (κ2) is 13.0. The van der Waals surface area contributed by atoms with Crippen molar-refractivity contribution in [2.45, 2.75) is 36.6 Å². The Morgan fingerprint density at radius 1 is 0.974 bits per heavy atom. The third kappa shape index (κ3) is 7.65. The normalized spacial score (nSPS) is 12.2. The number of benzene rings is 3. The largest absolute Gasteiger partial charge is 0.480 e. The first kappa shape index (κ1) is 27.8. The summed E-state index contributed by atoms with van der Waals surface area (Å²) >= 11 is 0. The van der Waals surface area contributed by atoms with E-state index < -0.39 is 28.6 Å². The minimum absolute atomic E-state index is 0.0705. The van der Waals surface area contributed by atoms with Gasteiger partial charge in [0.1, 0.15) is 11.3 Å². The minimum Gasteiger partial charge on any atom is -0.480 e. The van der Waals surface area contributed by atoms with Crippen molar-refractivity contribution in [2.75, 3.05) is 13.2 Å². The summed E-state index contributed by atoms with van der Waals surface area (Å²) < 4.78 is 34.4. The number of aromatic amines is 1. The molecule has 0 saturated carbocycles. The van der Waals surface area contributed by atoms with Crippen molar-refractivity contribution in [3.63, 3.8) is 0 Å². The molecule has 1 atom stereocenters. The first-order valence-electron chi connectivity index (χ1n) is 12.5. The highest BCUT2D eigenvalue weighted by Crippen LogP contribution is 2.32. The number of aliphatic carboxylic acids is 1. The van der Waals surface area contributed by atoms with E-state index in [9.17, 15) is 18.0 Å². The van der Waals surface area contributed by atoms with Gasteiger partial charge in [-0.1, -0.05) is 54.6 Å². The number of nitrogens with one attached hydrogen (secondary N) is 3. The van der Waals surface area contributed by atoms with E-state index in [4.69, 9.17) is 9.84 Å². The molecule has 4 N–H and O–H groups in total. The number of H-pyrrole nitrogens is 1. The summed E-state index contributed by atoms with van der Waals surface area (Å²) in [5.74, 6) is -1.19. The number of nitrogens with zero attached hydrogens (tertiary/aromatic N) is 1. The average molecular weight is 551 g/mol. The van der Waals surface area contributed by atoms with Gasteiger partial charge in [0.25, 0.3) is 0 Å². The number of carbonyl (C=O) groups excluding carboxylic acids is 1. The Hall–Kier alpha value is -4.22. The van der Waals surface area contributed by atoms with Crippen molar-refractivity contribution in [1.29, 1.82) is 0 Å². The van der Waals surface area contributed by atoms with Crippen molar-refractivity contribution in [1.82, 2.24) is 20.2 Å². The van der Waals surface area contributed by atoms with Gasteiger partial charge in [-0.25, -0.2) is 17.9 Å². The first-order valence-corrected chi connectivity index (χ1v) is 14.0. The van der Waals surface area contributed by atoms with Crippen LogP contribution in [0.5, 0.6) is 5.75 Å². The summed E-state index contributed by atoms with van der Waals surface area (Å²) in [6.07, 6.45) is 3.93. The third-order valence-corrected chi connectivity index (χ3v) is 7.62. The number of carboxylic acid groups (broad SMARTS) is 1. The Morgan fingerprint density at radius 2 is 1.69 bits per heavy atom. The number of carbonyl (C=O) groups is 2. The molecule has 1 aromatic heterocycles. The van der Waals surface area contributed by atoms with Gasteiger partial charge in [-0.2, -0.15) is 5.10 Å². The van der Waals surface area contributed by atoms with Crippen LogP contribution in [0.2, 0.25) is 0 Å². The van der Waals surface area contributed by atoms with Crippen molar-refractivity contribution in [3.05, 3.63) is 90.1 Å². The standard InChI is InChI=1S/C28H30N4O6S/c33-26(29-16-8-7-11-20-9-3-1-4-10-20)17-24(32-39(36,37)21-12-5-2-6-13-21)22-14-15-25(38-19-27(34)35)28-23(22)18-30-31-28/h1-6,9-10,12-15,18,24,32H,7-8,11,16-17,19H2,(H,29,33)(H,30,31)(H,34,35). The fourth-order valence-electron chi connectivity index (χ4n) is 4.25. The predicted molar refractivity (Wildman–Crippen MR) is 146 cm³/mol. The summed E-state index contributed by atoms with van der Waals surface area (Å²) in [6.45, 7) is -0.0862. The van der Waals surface area contributed by atoms with Gasteiger partial charge in [0, 0.05) is 18.4 Å². The number of aryl methyl sites for hydroxylation is 1. The number of hydrogen-bond acceptors (Lipinski definition) is 6. The lowest BCUT2D eigenvalue weighted by Gasteiger charge is -2.20. The number of ether oxygens (including phenoxy) is 1. The summed E-state index contributed by atoms with van der Waals surface area (Å²) in [5, 5.41) is 19.2. The summed E-state index contributed by atoms with van der Waals surface area (Å²) in [5.41, 5.74) is 2.14. The van der Waals surface area contributed by atoms with Crippen LogP contribution < -0.4 is 14.8 Å². The molecular weight excluding hydrogens is 520 g/mol. The SMILES string of the molecule is O=C(O)COc1ccc(C(CC(=O)NCCCCc2ccccc2)NS(=O)(=O)c2ccccc2)c2cn[nH]c12. The number of hydrogen-bond donors (Lipinski definition) is 4. The Balaban J connectivity index is 1.50. The topological polar surface area (TPSA) is 150 Å². The van der Waals surface area contributed by atoms with E-state index in [0.717, 1.165) is 19.3 Å². The fraction of sp³-hybridized carbons (Fsp3) is 0.250. The van der Waals surface area contributed by atoms with Crippen molar-refractivity contribution in [3.8, 4) is 5.75 Å². The molecule has 0 spiro atoms. The molecule has 0 radical (unpaired) electrons. The van der Waals surface area contributed by atoms with Crippen LogP contribution in [0, 0.1) is 0 Å². The van der Waals surface area contributed by atoms with Crippen LogP contribution in [0.25, 0.3) is 10.9 Å². The van der Waals surface area contributed by atoms with Crippen LogP contribution in [-0.2, 0) is 26.0 Å². The van der Waals surface area contributed by atoms with Crippen molar-refractivity contribution < 1.29 is 27.9 Å². The first-order chi connectivity index (χ1) is 18.8. The number of fused-ring (bicyclic) bond motifs is 1. The fourth-order valence-corrected chi connectivity index (χ4v) is 5.49. The number of aromatic nitrogens is 2. The quantitative estimate of drug-likeness (QED) is 0.175. The predicted octanol–water partition coefficient (Wildman–Crippen LogP) is 3.58. The zero-order chi connectivity index (χ0) is 27.7. The number of rotatable bonds is 14. The van der Waals surface area contributed by atoms with Gasteiger partial charge >= 0.3 is 5.97 Å².